The second-order valence-corrected chi connectivity index (χ2v) is 13.0. The normalized spacial score (nSPS) is 29.8. The molecular weight excluding hydrogens is 506 g/mol. The van der Waals surface area contributed by atoms with E-state index in [1.54, 1.807) is 16.4 Å². The summed E-state index contributed by atoms with van der Waals surface area (Å²) in [6, 6.07) is 3.25. The molecule has 0 amide bonds. The van der Waals surface area contributed by atoms with Crippen molar-refractivity contribution in [3.8, 4) is 11.5 Å². The molecule has 2 aliphatic carbocycles. The Balaban J connectivity index is 1.54. The molecule has 5 atom stereocenters. The summed E-state index contributed by atoms with van der Waals surface area (Å²) >= 11 is 1.14. The van der Waals surface area contributed by atoms with Crippen molar-refractivity contribution in [1.29, 1.82) is 0 Å². The molecule has 1 aromatic carbocycles. The number of esters is 2. The molecule has 1 aromatic rings. The fourth-order valence-corrected chi connectivity index (χ4v) is 8.93. The van der Waals surface area contributed by atoms with Crippen LogP contribution in [0.3, 0.4) is 0 Å². The monoisotopic (exact) mass is 535 g/mol. The molecule has 194 valence electrons. The Morgan fingerprint density at radius 1 is 1.17 bits per heavy atom. The Kier molecular flexibility index (Phi) is 6.45. The Hall–Kier alpha value is -2.37. The Labute approximate surface area is 214 Å². The smallest absolute Gasteiger partial charge is 0.308 e. The number of nitrogens with zero attached hydrogens (tertiary/aromatic N) is 1. The average Bonchev–Trinajstić information content (AvgIpc) is 3.13. The highest BCUT2D eigenvalue weighted by Gasteiger charge is 2.66. The topological polar surface area (TPSA) is 116 Å². The molecule has 1 spiro atoms. The zero-order valence-electron chi connectivity index (χ0n) is 20.4. The van der Waals surface area contributed by atoms with E-state index in [1.807, 2.05) is 12.1 Å². The van der Waals surface area contributed by atoms with Crippen molar-refractivity contribution in [2.75, 3.05) is 18.1 Å². The van der Waals surface area contributed by atoms with Crippen molar-refractivity contribution in [3.05, 3.63) is 35.4 Å². The number of hydrogen-bond donors (Lipinski definition) is 0. The van der Waals surface area contributed by atoms with E-state index in [0.29, 0.717) is 43.1 Å². The maximum Gasteiger partial charge on any atom is 0.308 e. The SMILES string of the molecule is CC(=O)Oc1ccc2c3c1O[C@H]1[C@@H](OC(C)=O)C=CC4[C@@H](C2)N(S(=O)(=O)CCCSC(C)=O)CCC341. The van der Waals surface area contributed by atoms with E-state index < -0.39 is 39.6 Å². The lowest BCUT2D eigenvalue weighted by molar-refractivity contribution is -0.151. The quantitative estimate of drug-likeness (QED) is 0.224. The third kappa shape index (κ3) is 4.05. The number of thioether (sulfide) groups is 1. The Bertz CT molecular complexity index is 1260. The summed E-state index contributed by atoms with van der Waals surface area (Å²) in [5, 5.41) is -0.0259. The van der Waals surface area contributed by atoms with Crippen molar-refractivity contribution in [2.24, 2.45) is 5.92 Å². The Morgan fingerprint density at radius 2 is 1.94 bits per heavy atom. The summed E-state index contributed by atoms with van der Waals surface area (Å²) in [6.45, 7) is 4.45. The fraction of sp³-hybridized carbons (Fsp3) is 0.560. The lowest BCUT2D eigenvalue weighted by atomic mass is 9.53. The maximum atomic E-state index is 13.4. The summed E-state index contributed by atoms with van der Waals surface area (Å²) in [7, 11) is -3.57. The lowest BCUT2D eigenvalue weighted by Crippen LogP contribution is -2.66. The predicted octanol–water partition coefficient (Wildman–Crippen LogP) is 2.36. The number of piperidine rings is 1. The number of hydrogen-bond acceptors (Lipinski definition) is 9. The van der Waals surface area contributed by atoms with Crippen LogP contribution in [0.25, 0.3) is 0 Å². The molecule has 2 unspecified atom stereocenters. The molecule has 0 radical (unpaired) electrons. The third-order valence-corrected chi connectivity index (χ3v) is 10.4. The van der Waals surface area contributed by atoms with Gasteiger partial charge >= 0.3 is 11.9 Å². The molecular formula is C25H29NO8S2. The van der Waals surface area contributed by atoms with E-state index >= 15 is 0 Å². The summed E-state index contributed by atoms with van der Waals surface area (Å²) in [6.07, 6.45) is 3.94. The van der Waals surface area contributed by atoms with Crippen LogP contribution in [0.2, 0.25) is 0 Å². The number of rotatable bonds is 7. The largest absolute Gasteiger partial charge is 0.481 e. The first kappa shape index (κ1) is 25.3. The highest BCUT2D eigenvalue weighted by atomic mass is 32.2. The number of carbonyl (C=O) groups excluding carboxylic acids is 3. The average molecular weight is 536 g/mol. The number of ether oxygens (including phenoxy) is 3. The van der Waals surface area contributed by atoms with Crippen LogP contribution in [0, 0.1) is 5.92 Å². The van der Waals surface area contributed by atoms with E-state index in [1.165, 1.54) is 20.8 Å². The molecule has 0 aromatic heterocycles. The minimum absolute atomic E-state index is 0.0211. The van der Waals surface area contributed by atoms with Crippen LogP contribution >= 0.6 is 11.8 Å². The van der Waals surface area contributed by atoms with Gasteiger partial charge in [0.25, 0.3) is 0 Å². The molecule has 11 heteroatoms. The summed E-state index contributed by atoms with van der Waals surface area (Å²) in [5.74, 6) is 0.154. The number of benzene rings is 1. The zero-order chi connectivity index (χ0) is 25.8. The van der Waals surface area contributed by atoms with Crippen LogP contribution in [0.4, 0.5) is 0 Å². The first-order chi connectivity index (χ1) is 17.0. The van der Waals surface area contributed by atoms with Gasteiger partial charge < -0.3 is 14.2 Å². The van der Waals surface area contributed by atoms with Gasteiger partial charge in [0.1, 0.15) is 6.10 Å². The summed E-state index contributed by atoms with van der Waals surface area (Å²) < 4.78 is 46.0. The predicted molar refractivity (Wildman–Crippen MR) is 132 cm³/mol. The van der Waals surface area contributed by atoms with Gasteiger partial charge in [-0.1, -0.05) is 23.9 Å². The van der Waals surface area contributed by atoms with Crippen LogP contribution in [0.1, 0.15) is 44.7 Å². The lowest BCUT2D eigenvalue weighted by Gasteiger charge is -2.56. The van der Waals surface area contributed by atoms with E-state index in [-0.39, 0.29) is 22.8 Å². The fourth-order valence-electron chi connectivity index (χ4n) is 6.44. The molecule has 2 bridgehead atoms. The zero-order valence-corrected chi connectivity index (χ0v) is 22.0. The molecule has 2 heterocycles. The van der Waals surface area contributed by atoms with Crippen molar-refractivity contribution < 1.29 is 37.0 Å². The summed E-state index contributed by atoms with van der Waals surface area (Å²) in [5.41, 5.74) is 1.28. The molecule has 36 heavy (non-hydrogen) atoms. The van der Waals surface area contributed by atoms with Crippen LogP contribution in [0.5, 0.6) is 11.5 Å². The van der Waals surface area contributed by atoms with Gasteiger partial charge in [-0.15, -0.1) is 0 Å². The molecule has 9 nitrogen and oxygen atoms in total. The van der Waals surface area contributed by atoms with Crippen LogP contribution in [-0.4, -0.2) is 66.1 Å². The molecule has 4 aliphatic rings. The maximum absolute atomic E-state index is 13.4. The van der Waals surface area contributed by atoms with Gasteiger partial charge in [-0.05, 0) is 37.0 Å². The third-order valence-electron chi connectivity index (χ3n) is 7.55. The highest BCUT2D eigenvalue weighted by molar-refractivity contribution is 8.13. The van der Waals surface area contributed by atoms with E-state index in [9.17, 15) is 22.8 Å². The minimum Gasteiger partial charge on any atom is -0.481 e. The molecule has 1 saturated heterocycles. The van der Waals surface area contributed by atoms with E-state index in [2.05, 4.69) is 0 Å². The molecule has 0 N–H and O–H groups in total. The van der Waals surface area contributed by atoms with Crippen molar-refractivity contribution in [1.82, 2.24) is 4.31 Å². The van der Waals surface area contributed by atoms with Gasteiger partial charge in [0.2, 0.25) is 10.0 Å². The number of sulfonamides is 1. The number of carbonyl (C=O) groups is 3. The van der Waals surface area contributed by atoms with E-state index in [4.69, 9.17) is 14.2 Å². The van der Waals surface area contributed by atoms with Gasteiger partial charge in [0.05, 0.1) is 5.75 Å². The summed E-state index contributed by atoms with van der Waals surface area (Å²) in [4.78, 5) is 34.9. The van der Waals surface area contributed by atoms with Gasteiger partial charge in [-0.2, -0.15) is 4.31 Å². The standard InChI is InChI=1S/C25H29NO8S2/c1-14(27)32-20-7-5-17-13-19-18-6-8-21(33-15(2)28)24-25(18,22(17)23(20)34-24)9-10-26(19)36(30,31)12-4-11-35-16(3)29/h5-8,18-19,21,24H,4,9-13H2,1-3H3/t18?,19-,21+,24+,25?/m1/s1. The molecule has 1 fully saturated rings. The first-order valence-electron chi connectivity index (χ1n) is 12.0. The minimum atomic E-state index is -3.57. The van der Waals surface area contributed by atoms with Gasteiger partial charge in [0.15, 0.2) is 22.7 Å². The molecule has 2 aliphatic heterocycles. The van der Waals surface area contributed by atoms with Gasteiger partial charge in [-0.3, -0.25) is 14.4 Å². The van der Waals surface area contributed by atoms with Crippen LogP contribution in [-0.2, 0) is 41.0 Å². The molecule has 0 saturated carbocycles. The van der Waals surface area contributed by atoms with Gasteiger partial charge in [-0.25, -0.2) is 8.42 Å². The molecule has 5 rings (SSSR count). The van der Waals surface area contributed by atoms with Crippen molar-refractivity contribution in [3.63, 3.8) is 0 Å². The van der Waals surface area contributed by atoms with Gasteiger partial charge in [0, 0.05) is 56.0 Å². The van der Waals surface area contributed by atoms with Crippen molar-refractivity contribution in [2.45, 2.75) is 63.7 Å². The van der Waals surface area contributed by atoms with E-state index in [0.717, 1.165) is 22.9 Å². The van der Waals surface area contributed by atoms with Crippen molar-refractivity contribution >= 4 is 38.8 Å². The first-order valence-corrected chi connectivity index (χ1v) is 14.6. The Morgan fingerprint density at radius 3 is 2.64 bits per heavy atom. The second kappa shape index (κ2) is 9.18. The van der Waals surface area contributed by atoms with Crippen LogP contribution < -0.4 is 9.47 Å². The van der Waals surface area contributed by atoms with Crippen LogP contribution in [0.15, 0.2) is 24.3 Å². The highest BCUT2D eigenvalue weighted by Crippen LogP contribution is 2.63. The second-order valence-electron chi connectivity index (χ2n) is 9.73.